The van der Waals surface area contributed by atoms with Crippen molar-refractivity contribution in [1.82, 2.24) is 15.4 Å². The van der Waals surface area contributed by atoms with Gasteiger partial charge in [-0.1, -0.05) is 18.2 Å². The van der Waals surface area contributed by atoms with Gasteiger partial charge >= 0.3 is 0 Å². The number of aromatic nitrogens is 1. The maximum Gasteiger partial charge on any atom is 0.268 e. The molecular weight excluding hydrogens is 308 g/mol. The van der Waals surface area contributed by atoms with Crippen LogP contribution in [0.2, 0.25) is 0 Å². The molecule has 2 heterocycles. The summed E-state index contributed by atoms with van der Waals surface area (Å²) in [4.78, 5) is 31.1. The highest BCUT2D eigenvalue weighted by atomic mass is 16.5. The Balaban J connectivity index is 1.95. The molecule has 0 spiro atoms. The molecule has 0 unspecified atom stereocenters. The van der Waals surface area contributed by atoms with Crippen LogP contribution in [0.4, 0.5) is 5.82 Å². The summed E-state index contributed by atoms with van der Waals surface area (Å²) in [7, 11) is 3.71. The number of hydrogen-bond donors (Lipinski definition) is 2. The van der Waals surface area contributed by atoms with Gasteiger partial charge < -0.3 is 10.2 Å². The lowest BCUT2D eigenvalue weighted by Crippen LogP contribution is -2.51. The lowest BCUT2D eigenvalue weighted by atomic mass is 10.0. The quantitative estimate of drug-likeness (QED) is 0.832. The minimum atomic E-state index is -0.703. The van der Waals surface area contributed by atoms with Crippen molar-refractivity contribution in [1.29, 1.82) is 0 Å². The Kier molecular flexibility index (Phi) is 4.35. The smallest absolute Gasteiger partial charge is 0.268 e. The van der Waals surface area contributed by atoms with E-state index in [1.165, 1.54) is 0 Å². The van der Waals surface area contributed by atoms with Gasteiger partial charge in [-0.05, 0) is 25.0 Å². The van der Waals surface area contributed by atoms with E-state index in [-0.39, 0.29) is 5.91 Å². The molecule has 1 fully saturated rings. The third kappa shape index (κ3) is 3.03. The second-order valence-corrected chi connectivity index (χ2v) is 6.07. The molecule has 0 aliphatic carbocycles. The first-order valence-corrected chi connectivity index (χ1v) is 7.85. The van der Waals surface area contributed by atoms with Crippen LogP contribution in [0.3, 0.4) is 0 Å². The van der Waals surface area contributed by atoms with Crippen molar-refractivity contribution in [2.75, 3.05) is 25.5 Å². The Labute approximate surface area is 139 Å². The van der Waals surface area contributed by atoms with Gasteiger partial charge in [-0.25, -0.2) is 10.0 Å². The van der Waals surface area contributed by atoms with E-state index in [4.69, 9.17) is 0 Å². The topological polar surface area (TPSA) is 85.8 Å². The number of nitrogens with one attached hydrogen (secondary N) is 1. The number of fused-ring (bicyclic) bond motifs is 1. The van der Waals surface area contributed by atoms with E-state index in [1.54, 1.807) is 6.07 Å². The lowest BCUT2D eigenvalue weighted by molar-refractivity contribution is -0.172. The van der Waals surface area contributed by atoms with Crippen molar-refractivity contribution in [2.24, 2.45) is 0 Å². The first-order chi connectivity index (χ1) is 11.5. The number of piperidine rings is 1. The molecule has 7 nitrogen and oxygen atoms in total. The first kappa shape index (κ1) is 16.2. The molecule has 1 atom stereocenters. The van der Waals surface area contributed by atoms with Crippen molar-refractivity contribution in [3.8, 4) is 0 Å². The molecule has 1 aromatic heterocycles. The van der Waals surface area contributed by atoms with Crippen LogP contribution in [-0.2, 0) is 4.79 Å². The molecule has 1 aliphatic rings. The molecule has 0 saturated carbocycles. The standard InChI is InChI=1S/C17H20N4O3/c1-20(2)15-10-12(11-6-3-4-7-13(11)18-15)16(22)19-14-8-5-9-21(24)17(14)23/h3-4,6-7,10,14,24H,5,8-9H2,1-2H3,(H,19,22)/t14-/m0/s1. The maximum absolute atomic E-state index is 12.7. The molecule has 1 saturated heterocycles. The van der Waals surface area contributed by atoms with Gasteiger partial charge in [0.2, 0.25) is 0 Å². The number of hydroxylamine groups is 2. The fourth-order valence-electron chi connectivity index (χ4n) is 2.81. The van der Waals surface area contributed by atoms with Crippen LogP contribution in [0.5, 0.6) is 0 Å². The summed E-state index contributed by atoms with van der Waals surface area (Å²) in [6, 6.07) is 8.40. The Hall–Kier alpha value is -2.67. The molecule has 0 radical (unpaired) electrons. The third-order valence-corrected chi connectivity index (χ3v) is 4.13. The third-order valence-electron chi connectivity index (χ3n) is 4.13. The zero-order valence-corrected chi connectivity index (χ0v) is 13.7. The van der Waals surface area contributed by atoms with Crippen LogP contribution in [0.25, 0.3) is 10.9 Å². The molecule has 2 N–H and O–H groups in total. The van der Waals surface area contributed by atoms with Gasteiger partial charge in [0, 0.05) is 26.0 Å². The summed E-state index contributed by atoms with van der Waals surface area (Å²) in [5.74, 6) is -0.149. The van der Waals surface area contributed by atoms with Gasteiger partial charge in [-0.2, -0.15) is 0 Å². The fraction of sp³-hybridized carbons (Fsp3) is 0.353. The zero-order valence-electron chi connectivity index (χ0n) is 13.7. The number of carbonyl (C=O) groups excluding carboxylic acids is 2. The van der Waals surface area contributed by atoms with Gasteiger partial charge in [0.25, 0.3) is 11.8 Å². The van der Waals surface area contributed by atoms with Gasteiger partial charge in [-0.3, -0.25) is 14.8 Å². The Bertz CT molecular complexity index is 790. The Morgan fingerprint density at radius 3 is 2.88 bits per heavy atom. The summed E-state index contributed by atoms with van der Waals surface area (Å²) in [6.07, 6.45) is 1.17. The van der Waals surface area contributed by atoms with Crippen LogP contribution in [0.15, 0.2) is 30.3 Å². The number of anilines is 1. The van der Waals surface area contributed by atoms with Crippen LogP contribution >= 0.6 is 0 Å². The van der Waals surface area contributed by atoms with Gasteiger partial charge in [-0.15, -0.1) is 0 Å². The number of hydrogen-bond acceptors (Lipinski definition) is 5. The number of rotatable bonds is 3. The molecular formula is C17H20N4O3. The number of pyridine rings is 1. The molecule has 7 heteroatoms. The minimum absolute atomic E-state index is 0.300. The largest absolute Gasteiger partial charge is 0.363 e. The van der Waals surface area contributed by atoms with Crippen LogP contribution in [-0.4, -0.2) is 53.8 Å². The summed E-state index contributed by atoms with van der Waals surface area (Å²) < 4.78 is 0. The second kappa shape index (κ2) is 6.45. The number of nitrogens with zero attached hydrogens (tertiary/aromatic N) is 3. The zero-order chi connectivity index (χ0) is 17.3. The lowest BCUT2D eigenvalue weighted by Gasteiger charge is -2.28. The molecule has 2 amide bonds. The highest BCUT2D eigenvalue weighted by molar-refractivity contribution is 6.08. The molecule has 3 rings (SSSR count). The molecule has 126 valence electrons. The SMILES string of the molecule is CN(C)c1cc(C(=O)N[C@H]2CCCN(O)C2=O)c2ccccc2n1. The van der Waals surface area contributed by atoms with Crippen LogP contribution in [0, 0.1) is 0 Å². The van der Waals surface area contributed by atoms with Crippen molar-refractivity contribution in [3.05, 3.63) is 35.9 Å². The van der Waals surface area contributed by atoms with E-state index >= 15 is 0 Å². The average Bonchev–Trinajstić information content (AvgIpc) is 2.57. The van der Waals surface area contributed by atoms with E-state index in [0.717, 1.165) is 5.39 Å². The number of benzene rings is 1. The molecule has 0 bridgehead atoms. The first-order valence-electron chi connectivity index (χ1n) is 7.85. The second-order valence-electron chi connectivity index (χ2n) is 6.07. The molecule has 1 aliphatic heterocycles. The highest BCUT2D eigenvalue weighted by Gasteiger charge is 2.29. The summed E-state index contributed by atoms with van der Waals surface area (Å²) in [5, 5.41) is 13.7. The van der Waals surface area contributed by atoms with E-state index in [0.29, 0.717) is 41.3 Å². The van der Waals surface area contributed by atoms with Crippen molar-refractivity contribution >= 4 is 28.5 Å². The van der Waals surface area contributed by atoms with Crippen molar-refractivity contribution in [3.63, 3.8) is 0 Å². The molecule has 1 aromatic carbocycles. The Morgan fingerprint density at radius 1 is 1.38 bits per heavy atom. The van der Waals surface area contributed by atoms with Gasteiger partial charge in [0.05, 0.1) is 11.1 Å². The minimum Gasteiger partial charge on any atom is -0.363 e. The molecule has 2 aromatic rings. The monoisotopic (exact) mass is 328 g/mol. The van der Waals surface area contributed by atoms with E-state index < -0.39 is 11.9 Å². The van der Waals surface area contributed by atoms with Crippen LogP contribution in [0.1, 0.15) is 23.2 Å². The van der Waals surface area contributed by atoms with Gasteiger partial charge in [0.15, 0.2) is 0 Å². The number of amides is 2. The van der Waals surface area contributed by atoms with Crippen LogP contribution < -0.4 is 10.2 Å². The van der Waals surface area contributed by atoms with E-state index in [1.807, 2.05) is 43.3 Å². The normalized spacial score (nSPS) is 17.9. The van der Waals surface area contributed by atoms with Crippen molar-refractivity contribution < 1.29 is 14.8 Å². The summed E-state index contributed by atoms with van der Waals surface area (Å²) in [5.41, 5.74) is 1.18. The van der Waals surface area contributed by atoms with Crippen molar-refractivity contribution in [2.45, 2.75) is 18.9 Å². The maximum atomic E-state index is 12.7. The van der Waals surface area contributed by atoms with E-state index in [2.05, 4.69) is 10.3 Å². The number of carbonyl (C=O) groups is 2. The number of para-hydroxylation sites is 1. The summed E-state index contributed by atoms with van der Waals surface area (Å²) in [6.45, 7) is 0.300. The van der Waals surface area contributed by atoms with Gasteiger partial charge in [0.1, 0.15) is 11.9 Å². The molecule has 24 heavy (non-hydrogen) atoms. The van der Waals surface area contributed by atoms with E-state index in [9.17, 15) is 14.8 Å². The predicted octanol–water partition coefficient (Wildman–Crippen LogP) is 1.41. The highest BCUT2D eigenvalue weighted by Crippen LogP contribution is 2.22. The average molecular weight is 328 g/mol. The Morgan fingerprint density at radius 2 is 2.12 bits per heavy atom. The predicted molar refractivity (Wildman–Crippen MR) is 90.1 cm³/mol. The fourth-order valence-corrected chi connectivity index (χ4v) is 2.81. The summed E-state index contributed by atoms with van der Waals surface area (Å²) >= 11 is 0.